The second kappa shape index (κ2) is 4.58. The van der Waals surface area contributed by atoms with E-state index >= 15 is 0 Å². The predicted octanol–water partition coefficient (Wildman–Crippen LogP) is 2.34. The lowest BCUT2D eigenvalue weighted by Gasteiger charge is -2.15. The number of nitro groups is 1. The lowest BCUT2D eigenvalue weighted by atomic mass is 10.1. The molecule has 1 N–H and O–H groups in total. The highest BCUT2D eigenvalue weighted by molar-refractivity contribution is 5.99. The number of fused-ring (bicyclic) bond motifs is 1. The molecule has 0 saturated heterocycles. The highest BCUT2D eigenvalue weighted by Gasteiger charge is 2.15. The van der Waals surface area contributed by atoms with Gasteiger partial charge in [0.2, 0.25) is 0 Å². The third-order valence-corrected chi connectivity index (χ3v) is 2.56. The SMILES string of the molecule is Cc1cc2c(NN(C)C)ccc([N+](=O)[O-])c2cn1. The molecule has 0 atom stereocenters. The molecule has 0 fully saturated rings. The van der Waals surface area contributed by atoms with Crippen LogP contribution in [0.15, 0.2) is 24.4 Å². The van der Waals surface area contributed by atoms with Gasteiger partial charge in [-0.2, -0.15) is 0 Å². The Morgan fingerprint density at radius 2 is 2.06 bits per heavy atom. The van der Waals surface area contributed by atoms with Crippen molar-refractivity contribution in [1.82, 2.24) is 9.99 Å². The average molecular weight is 246 g/mol. The van der Waals surface area contributed by atoms with E-state index in [-0.39, 0.29) is 5.69 Å². The van der Waals surface area contributed by atoms with Gasteiger partial charge in [-0.1, -0.05) is 0 Å². The first kappa shape index (κ1) is 12.3. The number of aryl methyl sites for hydroxylation is 1. The standard InChI is InChI=1S/C12H14N4O2/c1-8-6-9-10(7-13-8)12(16(17)18)5-4-11(9)14-15(2)3/h4-7,14H,1-3H3. The number of nitrogens with one attached hydrogen (secondary N) is 1. The molecule has 6 nitrogen and oxygen atoms in total. The molecule has 1 aromatic heterocycles. The molecule has 0 aliphatic rings. The number of non-ortho nitro benzene ring substituents is 1. The van der Waals surface area contributed by atoms with Gasteiger partial charge in [-0.15, -0.1) is 0 Å². The van der Waals surface area contributed by atoms with Crippen molar-refractivity contribution in [3.63, 3.8) is 0 Å². The summed E-state index contributed by atoms with van der Waals surface area (Å²) in [4.78, 5) is 14.7. The van der Waals surface area contributed by atoms with Crippen LogP contribution in [0.4, 0.5) is 11.4 Å². The quantitative estimate of drug-likeness (QED) is 0.664. The summed E-state index contributed by atoms with van der Waals surface area (Å²) in [6.07, 6.45) is 1.55. The van der Waals surface area contributed by atoms with Crippen LogP contribution in [0.5, 0.6) is 0 Å². The van der Waals surface area contributed by atoms with E-state index in [0.29, 0.717) is 5.39 Å². The number of rotatable bonds is 3. The molecule has 0 aliphatic carbocycles. The maximum Gasteiger partial charge on any atom is 0.278 e. The van der Waals surface area contributed by atoms with E-state index in [1.807, 2.05) is 27.1 Å². The minimum absolute atomic E-state index is 0.0711. The number of benzene rings is 1. The number of hydrazine groups is 1. The Balaban J connectivity index is 2.71. The lowest BCUT2D eigenvalue weighted by Crippen LogP contribution is -2.19. The van der Waals surface area contributed by atoms with Crippen molar-refractivity contribution in [2.45, 2.75) is 6.92 Å². The van der Waals surface area contributed by atoms with Crippen LogP contribution in [-0.4, -0.2) is 29.0 Å². The van der Waals surface area contributed by atoms with Crippen LogP contribution in [-0.2, 0) is 0 Å². The summed E-state index contributed by atoms with van der Waals surface area (Å²) in [7, 11) is 3.72. The van der Waals surface area contributed by atoms with Gasteiger partial charge in [-0.25, -0.2) is 5.01 Å². The van der Waals surface area contributed by atoms with Crippen molar-refractivity contribution in [2.24, 2.45) is 0 Å². The number of nitro benzene ring substituents is 1. The molecule has 0 bridgehead atoms. The molecule has 0 aliphatic heterocycles. The number of anilines is 1. The fourth-order valence-electron chi connectivity index (χ4n) is 1.83. The van der Waals surface area contributed by atoms with Gasteiger partial charge < -0.3 is 5.43 Å². The Morgan fingerprint density at radius 3 is 2.67 bits per heavy atom. The van der Waals surface area contributed by atoms with Crippen LogP contribution in [0.2, 0.25) is 0 Å². The summed E-state index contributed by atoms with van der Waals surface area (Å²) < 4.78 is 0. The molecule has 0 radical (unpaired) electrons. The Morgan fingerprint density at radius 1 is 1.33 bits per heavy atom. The summed E-state index contributed by atoms with van der Waals surface area (Å²) in [5.74, 6) is 0. The molecular formula is C12H14N4O2. The zero-order chi connectivity index (χ0) is 13.3. The molecule has 2 aromatic rings. The molecule has 1 aromatic carbocycles. The van der Waals surface area contributed by atoms with Crippen molar-refractivity contribution in [1.29, 1.82) is 0 Å². The number of hydrogen-bond acceptors (Lipinski definition) is 5. The summed E-state index contributed by atoms with van der Waals surface area (Å²) in [5.41, 5.74) is 4.84. The van der Waals surface area contributed by atoms with Crippen LogP contribution in [0, 0.1) is 17.0 Å². The Kier molecular flexibility index (Phi) is 3.12. The topological polar surface area (TPSA) is 71.3 Å². The van der Waals surface area contributed by atoms with Crippen molar-refractivity contribution in [2.75, 3.05) is 19.5 Å². The molecule has 0 spiro atoms. The van der Waals surface area contributed by atoms with Crippen LogP contribution >= 0.6 is 0 Å². The van der Waals surface area contributed by atoms with Gasteiger partial charge in [-0.3, -0.25) is 15.1 Å². The first-order valence-corrected chi connectivity index (χ1v) is 5.47. The van der Waals surface area contributed by atoms with Gasteiger partial charge in [-0.05, 0) is 19.1 Å². The normalized spacial score (nSPS) is 10.9. The Hall–Kier alpha value is -2.21. The summed E-state index contributed by atoms with van der Waals surface area (Å²) in [5, 5.41) is 14.1. The fraction of sp³-hybridized carbons (Fsp3) is 0.250. The van der Waals surface area contributed by atoms with Crippen LogP contribution < -0.4 is 5.43 Å². The van der Waals surface area contributed by atoms with E-state index in [9.17, 15) is 10.1 Å². The minimum atomic E-state index is -0.390. The smallest absolute Gasteiger partial charge is 0.278 e. The zero-order valence-corrected chi connectivity index (χ0v) is 10.5. The molecule has 0 saturated carbocycles. The molecule has 94 valence electrons. The van der Waals surface area contributed by atoms with E-state index in [2.05, 4.69) is 10.4 Å². The average Bonchev–Trinajstić information content (AvgIpc) is 2.28. The van der Waals surface area contributed by atoms with Crippen molar-refractivity contribution in [3.8, 4) is 0 Å². The number of aromatic nitrogens is 1. The lowest BCUT2D eigenvalue weighted by molar-refractivity contribution is -0.383. The van der Waals surface area contributed by atoms with Gasteiger partial charge in [0.05, 0.1) is 16.0 Å². The van der Waals surface area contributed by atoms with Gasteiger partial charge in [0.15, 0.2) is 0 Å². The van der Waals surface area contributed by atoms with Gasteiger partial charge in [0.25, 0.3) is 5.69 Å². The summed E-state index contributed by atoms with van der Waals surface area (Å²) in [6, 6.07) is 5.04. The minimum Gasteiger partial charge on any atom is -0.319 e. The molecule has 0 amide bonds. The van der Waals surface area contributed by atoms with Crippen LogP contribution in [0.25, 0.3) is 10.8 Å². The second-order valence-electron chi connectivity index (χ2n) is 4.27. The fourth-order valence-corrected chi connectivity index (χ4v) is 1.83. The van der Waals surface area contributed by atoms with Gasteiger partial charge in [0, 0.05) is 37.4 Å². The van der Waals surface area contributed by atoms with Gasteiger partial charge in [0.1, 0.15) is 0 Å². The largest absolute Gasteiger partial charge is 0.319 e. The van der Waals surface area contributed by atoms with E-state index < -0.39 is 4.92 Å². The van der Waals surface area contributed by atoms with Crippen molar-refractivity contribution in [3.05, 3.63) is 40.2 Å². The predicted molar refractivity (Wildman–Crippen MR) is 70.4 cm³/mol. The third kappa shape index (κ3) is 2.23. The molecular weight excluding hydrogens is 232 g/mol. The zero-order valence-electron chi connectivity index (χ0n) is 10.5. The number of nitrogens with zero attached hydrogens (tertiary/aromatic N) is 3. The van der Waals surface area contributed by atoms with Crippen molar-refractivity contribution >= 4 is 22.1 Å². The molecule has 2 rings (SSSR count). The Labute approximate surface area is 104 Å². The summed E-state index contributed by atoms with van der Waals surface area (Å²) in [6.45, 7) is 1.86. The maximum absolute atomic E-state index is 11.0. The third-order valence-electron chi connectivity index (χ3n) is 2.56. The second-order valence-corrected chi connectivity index (χ2v) is 4.27. The van der Waals surface area contributed by atoms with E-state index in [4.69, 9.17) is 0 Å². The molecule has 18 heavy (non-hydrogen) atoms. The molecule has 6 heteroatoms. The van der Waals surface area contributed by atoms with Crippen LogP contribution in [0.3, 0.4) is 0 Å². The highest BCUT2D eigenvalue weighted by Crippen LogP contribution is 2.31. The van der Waals surface area contributed by atoms with E-state index in [1.54, 1.807) is 17.3 Å². The molecule has 0 unspecified atom stereocenters. The first-order valence-electron chi connectivity index (χ1n) is 5.47. The number of hydrogen-bond donors (Lipinski definition) is 1. The Bertz CT molecular complexity index is 610. The first-order chi connectivity index (χ1) is 8.49. The summed E-state index contributed by atoms with van der Waals surface area (Å²) >= 11 is 0. The van der Waals surface area contributed by atoms with Gasteiger partial charge >= 0.3 is 0 Å². The maximum atomic E-state index is 11.0. The van der Waals surface area contributed by atoms with Crippen LogP contribution in [0.1, 0.15) is 5.69 Å². The monoisotopic (exact) mass is 246 g/mol. The highest BCUT2D eigenvalue weighted by atomic mass is 16.6. The van der Waals surface area contributed by atoms with E-state index in [1.165, 1.54) is 6.07 Å². The van der Waals surface area contributed by atoms with E-state index in [0.717, 1.165) is 16.8 Å². The van der Waals surface area contributed by atoms with Crippen molar-refractivity contribution < 1.29 is 4.92 Å². The molecule has 1 heterocycles. The number of pyridine rings is 1.